The molecular weight excluding hydrogens is 202 g/mol. The minimum absolute atomic E-state index is 0.725. The third kappa shape index (κ3) is 2.69. The second-order valence-electron chi connectivity index (χ2n) is 3.72. The normalized spacial score (nSPS) is 14.0. The maximum Gasteiger partial charge on any atom is 0.163 e. The summed E-state index contributed by atoms with van der Waals surface area (Å²) in [5.41, 5.74) is 1.06. The molecule has 0 aliphatic carbocycles. The Morgan fingerprint density at radius 3 is 2.88 bits per heavy atom. The molecule has 0 aromatic heterocycles. The molecule has 1 aromatic rings. The van der Waals surface area contributed by atoms with Gasteiger partial charge in [-0.15, -0.1) is 6.58 Å². The van der Waals surface area contributed by atoms with Crippen molar-refractivity contribution in [2.45, 2.75) is 12.8 Å². The SMILES string of the molecule is C=CCCNc1ccc2c(c1)OCCCO2. The molecule has 0 radical (unpaired) electrons. The molecule has 1 heterocycles. The largest absolute Gasteiger partial charge is 0.490 e. The fraction of sp³-hybridized carbons (Fsp3) is 0.385. The van der Waals surface area contributed by atoms with E-state index in [4.69, 9.17) is 9.47 Å². The van der Waals surface area contributed by atoms with E-state index in [1.807, 2.05) is 24.3 Å². The van der Waals surface area contributed by atoms with Crippen LogP contribution in [0.1, 0.15) is 12.8 Å². The van der Waals surface area contributed by atoms with Crippen LogP contribution in [-0.4, -0.2) is 19.8 Å². The number of ether oxygens (including phenoxy) is 2. The Morgan fingerprint density at radius 2 is 2.06 bits per heavy atom. The van der Waals surface area contributed by atoms with Crippen molar-refractivity contribution in [2.24, 2.45) is 0 Å². The van der Waals surface area contributed by atoms with Gasteiger partial charge in [0.05, 0.1) is 13.2 Å². The van der Waals surface area contributed by atoms with Crippen LogP contribution in [0.25, 0.3) is 0 Å². The molecule has 1 aliphatic heterocycles. The van der Waals surface area contributed by atoms with E-state index >= 15 is 0 Å². The summed E-state index contributed by atoms with van der Waals surface area (Å²) in [6, 6.07) is 5.96. The van der Waals surface area contributed by atoms with Gasteiger partial charge in [-0.1, -0.05) is 6.08 Å². The number of benzene rings is 1. The van der Waals surface area contributed by atoms with Gasteiger partial charge in [0.2, 0.25) is 0 Å². The first kappa shape index (κ1) is 10.9. The molecule has 0 atom stereocenters. The zero-order valence-corrected chi connectivity index (χ0v) is 9.37. The highest BCUT2D eigenvalue weighted by Crippen LogP contribution is 2.32. The topological polar surface area (TPSA) is 30.5 Å². The van der Waals surface area contributed by atoms with Crippen molar-refractivity contribution < 1.29 is 9.47 Å². The molecule has 0 saturated carbocycles. The summed E-state index contributed by atoms with van der Waals surface area (Å²) in [6.45, 7) is 6.04. The van der Waals surface area contributed by atoms with Crippen molar-refractivity contribution >= 4 is 5.69 Å². The van der Waals surface area contributed by atoms with Crippen LogP contribution in [0, 0.1) is 0 Å². The van der Waals surface area contributed by atoms with Crippen molar-refractivity contribution in [1.82, 2.24) is 0 Å². The fourth-order valence-corrected chi connectivity index (χ4v) is 1.59. The average Bonchev–Trinajstić information content (AvgIpc) is 2.54. The molecule has 0 unspecified atom stereocenters. The maximum atomic E-state index is 5.61. The minimum Gasteiger partial charge on any atom is -0.490 e. The van der Waals surface area contributed by atoms with Crippen LogP contribution < -0.4 is 14.8 Å². The lowest BCUT2D eigenvalue weighted by molar-refractivity contribution is 0.297. The second-order valence-corrected chi connectivity index (χ2v) is 3.72. The van der Waals surface area contributed by atoms with Gasteiger partial charge in [0, 0.05) is 24.7 Å². The molecule has 3 nitrogen and oxygen atoms in total. The smallest absolute Gasteiger partial charge is 0.163 e. The van der Waals surface area contributed by atoms with E-state index in [0.29, 0.717) is 0 Å². The van der Waals surface area contributed by atoms with Crippen LogP contribution in [0.3, 0.4) is 0 Å². The molecule has 1 aromatic carbocycles. The number of hydrogen-bond acceptors (Lipinski definition) is 3. The standard InChI is InChI=1S/C13H17NO2/c1-2-3-7-14-11-5-6-12-13(10-11)16-9-4-8-15-12/h2,5-6,10,14H,1,3-4,7-9H2. The number of hydrogen-bond donors (Lipinski definition) is 1. The number of fused-ring (bicyclic) bond motifs is 1. The lowest BCUT2D eigenvalue weighted by Crippen LogP contribution is -2.00. The molecule has 0 fully saturated rings. The Morgan fingerprint density at radius 1 is 1.25 bits per heavy atom. The third-order valence-corrected chi connectivity index (χ3v) is 2.43. The molecule has 3 heteroatoms. The van der Waals surface area contributed by atoms with E-state index in [1.165, 1.54) is 0 Å². The first-order chi connectivity index (χ1) is 7.90. The summed E-state index contributed by atoms with van der Waals surface area (Å²) in [4.78, 5) is 0. The van der Waals surface area contributed by atoms with E-state index in [1.54, 1.807) is 0 Å². The predicted octanol–water partition coefficient (Wildman–Crippen LogP) is 2.84. The molecule has 0 saturated heterocycles. The molecule has 86 valence electrons. The van der Waals surface area contributed by atoms with Gasteiger partial charge >= 0.3 is 0 Å². The summed E-state index contributed by atoms with van der Waals surface area (Å²) in [5, 5.41) is 3.31. The van der Waals surface area contributed by atoms with Crippen LogP contribution in [0.4, 0.5) is 5.69 Å². The van der Waals surface area contributed by atoms with Gasteiger partial charge in [0.15, 0.2) is 11.5 Å². The van der Waals surface area contributed by atoms with E-state index in [-0.39, 0.29) is 0 Å². The maximum absolute atomic E-state index is 5.61. The van der Waals surface area contributed by atoms with E-state index < -0.39 is 0 Å². The summed E-state index contributed by atoms with van der Waals surface area (Å²) in [7, 11) is 0. The van der Waals surface area contributed by atoms with Gasteiger partial charge < -0.3 is 14.8 Å². The first-order valence-corrected chi connectivity index (χ1v) is 5.64. The lowest BCUT2D eigenvalue weighted by atomic mass is 10.2. The summed E-state index contributed by atoms with van der Waals surface area (Å²) in [5.74, 6) is 1.67. The van der Waals surface area contributed by atoms with Crippen molar-refractivity contribution in [2.75, 3.05) is 25.1 Å². The molecule has 16 heavy (non-hydrogen) atoms. The van der Waals surface area contributed by atoms with E-state index in [9.17, 15) is 0 Å². The predicted molar refractivity (Wildman–Crippen MR) is 65.4 cm³/mol. The Labute approximate surface area is 96.1 Å². The molecule has 2 rings (SSSR count). The van der Waals surface area contributed by atoms with Crippen LogP contribution in [0.15, 0.2) is 30.9 Å². The summed E-state index contributed by atoms with van der Waals surface area (Å²) in [6.07, 6.45) is 3.79. The first-order valence-electron chi connectivity index (χ1n) is 5.64. The number of nitrogens with one attached hydrogen (secondary N) is 1. The molecule has 1 N–H and O–H groups in total. The minimum atomic E-state index is 0.725. The van der Waals surface area contributed by atoms with E-state index in [0.717, 1.165) is 49.8 Å². The van der Waals surface area contributed by atoms with Gasteiger partial charge in [-0.05, 0) is 18.6 Å². The van der Waals surface area contributed by atoms with Crippen molar-refractivity contribution in [3.63, 3.8) is 0 Å². The Bertz CT molecular complexity index is 363. The second kappa shape index (κ2) is 5.45. The van der Waals surface area contributed by atoms with Gasteiger partial charge in [-0.2, -0.15) is 0 Å². The van der Waals surface area contributed by atoms with E-state index in [2.05, 4.69) is 11.9 Å². The van der Waals surface area contributed by atoms with Gasteiger partial charge in [0.25, 0.3) is 0 Å². The van der Waals surface area contributed by atoms with Gasteiger partial charge in [0.1, 0.15) is 0 Å². The zero-order valence-electron chi connectivity index (χ0n) is 9.37. The van der Waals surface area contributed by atoms with Crippen LogP contribution in [0.2, 0.25) is 0 Å². The highest BCUT2D eigenvalue weighted by molar-refractivity contribution is 5.54. The lowest BCUT2D eigenvalue weighted by Gasteiger charge is -2.10. The van der Waals surface area contributed by atoms with Crippen LogP contribution >= 0.6 is 0 Å². The van der Waals surface area contributed by atoms with Crippen molar-refractivity contribution in [1.29, 1.82) is 0 Å². The van der Waals surface area contributed by atoms with Gasteiger partial charge in [-0.25, -0.2) is 0 Å². The number of anilines is 1. The van der Waals surface area contributed by atoms with Crippen molar-refractivity contribution in [3.05, 3.63) is 30.9 Å². The third-order valence-electron chi connectivity index (χ3n) is 2.43. The van der Waals surface area contributed by atoms with Crippen LogP contribution in [0.5, 0.6) is 11.5 Å². The monoisotopic (exact) mass is 219 g/mol. The van der Waals surface area contributed by atoms with Crippen molar-refractivity contribution in [3.8, 4) is 11.5 Å². The van der Waals surface area contributed by atoms with Gasteiger partial charge in [-0.3, -0.25) is 0 Å². The number of rotatable bonds is 4. The molecular formula is C13H17NO2. The quantitative estimate of drug-likeness (QED) is 0.624. The Balaban J connectivity index is 2.05. The Kier molecular flexibility index (Phi) is 3.70. The highest BCUT2D eigenvalue weighted by atomic mass is 16.5. The molecule has 1 aliphatic rings. The molecule has 0 bridgehead atoms. The zero-order chi connectivity index (χ0) is 11.2. The molecule has 0 spiro atoms. The summed E-state index contributed by atoms with van der Waals surface area (Å²) < 4.78 is 11.2. The Hall–Kier alpha value is -1.64. The summed E-state index contributed by atoms with van der Waals surface area (Å²) >= 11 is 0. The highest BCUT2D eigenvalue weighted by Gasteiger charge is 2.09. The van der Waals surface area contributed by atoms with Crippen LogP contribution in [-0.2, 0) is 0 Å². The average molecular weight is 219 g/mol. The molecule has 0 amide bonds. The fourth-order valence-electron chi connectivity index (χ4n) is 1.59.